The van der Waals surface area contributed by atoms with E-state index < -0.39 is 46.0 Å². The molecular formula is C28H22N2O6. The van der Waals surface area contributed by atoms with E-state index in [1.165, 1.54) is 24.3 Å². The van der Waals surface area contributed by atoms with E-state index in [1.807, 2.05) is 12.1 Å². The van der Waals surface area contributed by atoms with Crippen molar-refractivity contribution in [3.05, 3.63) is 111 Å². The summed E-state index contributed by atoms with van der Waals surface area (Å²) in [6.45, 7) is 3.48. The van der Waals surface area contributed by atoms with Crippen molar-refractivity contribution >= 4 is 23.5 Å². The molecule has 0 radical (unpaired) electrons. The summed E-state index contributed by atoms with van der Waals surface area (Å²) in [6, 6.07) is 20.1. The minimum Gasteiger partial charge on any atom is -0.459 e. The van der Waals surface area contributed by atoms with Gasteiger partial charge in [0.1, 0.15) is 5.92 Å². The number of hydrogen-bond acceptors (Lipinski definition) is 6. The van der Waals surface area contributed by atoms with E-state index in [0.717, 1.165) is 4.90 Å². The highest BCUT2D eigenvalue weighted by Gasteiger charge is 2.74. The lowest BCUT2D eigenvalue weighted by molar-refractivity contribution is -0.578. The maximum absolute atomic E-state index is 13.9. The molecule has 0 spiro atoms. The Morgan fingerprint density at radius 2 is 1.47 bits per heavy atom. The number of nitro groups is 1. The number of ether oxygens (including phenoxy) is 1. The number of imide groups is 1. The Kier molecular flexibility index (Phi) is 4.67. The molecule has 8 heteroatoms. The molecule has 180 valence electrons. The first kappa shape index (κ1) is 22.2. The molecule has 1 heterocycles. The van der Waals surface area contributed by atoms with Crippen molar-refractivity contribution in [2.45, 2.75) is 31.4 Å². The van der Waals surface area contributed by atoms with Gasteiger partial charge in [0, 0.05) is 22.0 Å². The molecule has 4 aliphatic rings. The predicted molar refractivity (Wildman–Crippen MR) is 129 cm³/mol. The number of nitrogens with zero attached hydrogens (tertiary/aromatic N) is 2. The third kappa shape index (κ3) is 2.66. The number of carbonyl (C=O) groups is 3. The molecule has 8 nitrogen and oxygen atoms in total. The zero-order valence-electron chi connectivity index (χ0n) is 19.6. The van der Waals surface area contributed by atoms with Crippen molar-refractivity contribution in [1.82, 2.24) is 0 Å². The molecule has 7 rings (SSSR count). The molecule has 2 atom stereocenters. The van der Waals surface area contributed by atoms with Crippen LogP contribution in [-0.4, -0.2) is 28.8 Å². The van der Waals surface area contributed by atoms with Crippen LogP contribution in [0.3, 0.4) is 0 Å². The molecule has 2 amide bonds. The van der Waals surface area contributed by atoms with Gasteiger partial charge in [0.25, 0.3) is 5.54 Å². The first-order valence-electron chi connectivity index (χ1n) is 11.8. The van der Waals surface area contributed by atoms with E-state index >= 15 is 0 Å². The summed E-state index contributed by atoms with van der Waals surface area (Å²) in [5.41, 5.74) is 1.05. The average Bonchev–Trinajstić information content (AvgIpc) is 3.14. The number of benzene rings is 3. The van der Waals surface area contributed by atoms with Gasteiger partial charge in [-0.05, 0) is 49.2 Å². The molecular weight excluding hydrogens is 460 g/mol. The van der Waals surface area contributed by atoms with Crippen LogP contribution in [0.1, 0.15) is 52.4 Å². The summed E-state index contributed by atoms with van der Waals surface area (Å²) in [5, 5.41) is 13.0. The number of anilines is 1. The van der Waals surface area contributed by atoms with Gasteiger partial charge in [-0.15, -0.1) is 0 Å². The molecule has 0 saturated carbocycles. The van der Waals surface area contributed by atoms with E-state index in [9.17, 15) is 24.5 Å². The van der Waals surface area contributed by atoms with E-state index in [1.54, 1.807) is 50.2 Å². The Morgan fingerprint density at radius 1 is 0.917 bits per heavy atom. The lowest BCUT2D eigenvalue weighted by atomic mass is 9.51. The van der Waals surface area contributed by atoms with Crippen molar-refractivity contribution in [1.29, 1.82) is 0 Å². The van der Waals surface area contributed by atoms with Crippen LogP contribution in [0.25, 0.3) is 0 Å². The Labute approximate surface area is 206 Å². The van der Waals surface area contributed by atoms with Crippen LogP contribution in [-0.2, 0) is 19.9 Å². The summed E-state index contributed by atoms with van der Waals surface area (Å²) >= 11 is 0. The second-order valence-corrected chi connectivity index (χ2v) is 9.69. The highest BCUT2D eigenvalue weighted by molar-refractivity contribution is 6.23. The quantitative estimate of drug-likeness (QED) is 0.240. The van der Waals surface area contributed by atoms with Crippen molar-refractivity contribution < 1.29 is 24.0 Å². The summed E-state index contributed by atoms with van der Waals surface area (Å²) in [6.07, 6.45) is -0.293. The molecule has 3 aliphatic carbocycles. The van der Waals surface area contributed by atoms with Crippen molar-refractivity contribution in [2.75, 3.05) is 4.90 Å². The van der Waals surface area contributed by atoms with Gasteiger partial charge in [-0.2, -0.15) is 0 Å². The molecule has 1 saturated heterocycles. The van der Waals surface area contributed by atoms with E-state index in [0.29, 0.717) is 22.3 Å². The zero-order valence-corrected chi connectivity index (χ0v) is 19.6. The molecule has 2 bridgehead atoms. The van der Waals surface area contributed by atoms with E-state index in [4.69, 9.17) is 4.74 Å². The van der Waals surface area contributed by atoms with Crippen molar-refractivity contribution in [3.8, 4) is 0 Å². The van der Waals surface area contributed by atoms with E-state index in [-0.39, 0.29) is 17.4 Å². The predicted octanol–water partition coefficient (Wildman–Crippen LogP) is 4.04. The van der Waals surface area contributed by atoms with E-state index in [2.05, 4.69) is 0 Å². The van der Waals surface area contributed by atoms with Gasteiger partial charge >= 0.3 is 5.97 Å². The Morgan fingerprint density at radius 3 is 2.00 bits per heavy atom. The topological polar surface area (TPSA) is 107 Å². The van der Waals surface area contributed by atoms with Crippen LogP contribution in [0, 0.1) is 22.0 Å². The largest absolute Gasteiger partial charge is 0.459 e. The van der Waals surface area contributed by atoms with Crippen LogP contribution < -0.4 is 4.90 Å². The Bertz CT molecular complexity index is 1410. The molecule has 1 aliphatic heterocycles. The van der Waals surface area contributed by atoms with Crippen molar-refractivity contribution in [3.63, 3.8) is 0 Å². The fourth-order valence-corrected chi connectivity index (χ4v) is 6.33. The molecule has 1 fully saturated rings. The van der Waals surface area contributed by atoms with Gasteiger partial charge in [0.05, 0.1) is 23.3 Å². The van der Waals surface area contributed by atoms with Crippen LogP contribution in [0.5, 0.6) is 0 Å². The standard InChI is InChI=1S/C28H22N2O6/c1-15(2)36-27(33)16-11-13-17(14-12-16)29-25(31)23-22-18-7-3-5-9-20(18)28(30(34)35,24(23)26(29)32)21-10-6-4-8-19(21)22/h3-15,22-24H,1-2H3/t22?,23-,24-,28?/m1/s1. The summed E-state index contributed by atoms with van der Waals surface area (Å²) < 4.78 is 5.21. The zero-order chi connectivity index (χ0) is 25.4. The average molecular weight is 482 g/mol. The first-order chi connectivity index (χ1) is 17.3. The molecule has 36 heavy (non-hydrogen) atoms. The molecule has 0 aromatic heterocycles. The SMILES string of the molecule is CC(C)OC(=O)c1ccc(N2C(=O)[C@@H]3C4c5ccccc5C([N+](=O)[O-])(c5ccccc54)[C@H]3C2=O)cc1. The minimum atomic E-state index is -1.87. The lowest BCUT2D eigenvalue weighted by Crippen LogP contribution is -2.57. The Balaban J connectivity index is 1.50. The second kappa shape index (κ2) is 7.58. The smallest absolute Gasteiger partial charge is 0.338 e. The molecule has 0 N–H and O–H groups in total. The molecule has 3 aromatic rings. The first-order valence-corrected chi connectivity index (χ1v) is 11.8. The lowest BCUT2D eigenvalue weighted by Gasteiger charge is -2.48. The fraction of sp³-hybridized carbons (Fsp3) is 0.250. The maximum atomic E-state index is 13.9. The number of rotatable bonds is 4. The van der Waals surface area contributed by atoms with Gasteiger partial charge in [0.2, 0.25) is 11.8 Å². The highest BCUT2D eigenvalue weighted by atomic mass is 16.6. The number of carbonyl (C=O) groups excluding carboxylic acids is 3. The minimum absolute atomic E-state index is 0.270. The van der Waals surface area contributed by atoms with Crippen LogP contribution in [0.15, 0.2) is 72.8 Å². The summed E-state index contributed by atoms with van der Waals surface area (Å²) in [4.78, 5) is 53.7. The van der Waals surface area contributed by atoms with Gasteiger partial charge in [-0.3, -0.25) is 19.7 Å². The van der Waals surface area contributed by atoms with Gasteiger partial charge in [0.15, 0.2) is 0 Å². The molecule has 0 unspecified atom stereocenters. The summed E-state index contributed by atoms with van der Waals surface area (Å²) in [5.74, 6) is -4.14. The van der Waals surface area contributed by atoms with Gasteiger partial charge in [-0.1, -0.05) is 48.5 Å². The number of hydrogen-bond donors (Lipinski definition) is 0. The van der Waals surface area contributed by atoms with Crippen molar-refractivity contribution in [2.24, 2.45) is 11.8 Å². The monoisotopic (exact) mass is 482 g/mol. The normalized spacial score (nSPS) is 25.4. The maximum Gasteiger partial charge on any atom is 0.338 e. The van der Waals surface area contributed by atoms with Crippen LogP contribution >= 0.6 is 0 Å². The number of amides is 2. The number of esters is 1. The third-order valence-corrected chi connectivity index (χ3v) is 7.57. The van der Waals surface area contributed by atoms with Crippen LogP contribution in [0.4, 0.5) is 5.69 Å². The molecule has 3 aromatic carbocycles. The van der Waals surface area contributed by atoms with Crippen LogP contribution in [0.2, 0.25) is 0 Å². The van der Waals surface area contributed by atoms with Gasteiger partial charge in [-0.25, -0.2) is 9.69 Å². The Hall–Kier alpha value is -4.33. The third-order valence-electron chi connectivity index (χ3n) is 7.57. The van der Waals surface area contributed by atoms with Gasteiger partial charge < -0.3 is 4.74 Å². The highest BCUT2D eigenvalue weighted by Crippen LogP contribution is 2.64. The summed E-state index contributed by atoms with van der Waals surface area (Å²) in [7, 11) is 0. The fourth-order valence-electron chi connectivity index (χ4n) is 6.33. The second-order valence-electron chi connectivity index (χ2n) is 9.69.